The van der Waals surface area contributed by atoms with E-state index in [-0.39, 0.29) is 18.0 Å². The lowest BCUT2D eigenvalue weighted by molar-refractivity contribution is -0.166. The number of nitrogens with zero attached hydrogens (tertiary/aromatic N) is 2. The second kappa shape index (κ2) is 10.5. The first-order valence-electron chi connectivity index (χ1n) is 9.31. The SMILES string of the molecule is COC(=O)/C=C\c1c(C(N)=O)ncn1[C@@H]1O[C@H](COC(C)=O)[C@@H](OC(C)=O)[C@H]1OC(C)=O. The fourth-order valence-electron chi connectivity index (χ4n) is 3.06. The minimum absolute atomic E-state index is 0.0414. The average molecular weight is 453 g/mol. The van der Waals surface area contributed by atoms with Gasteiger partial charge in [-0.1, -0.05) is 0 Å². The molecule has 2 rings (SSSR count). The number of nitrogens with two attached hydrogens (primary N) is 1. The van der Waals surface area contributed by atoms with Gasteiger partial charge in [0.2, 0.25) is 0 Å². The summed E-state index contributed by atoms with van der Waals surface area (Å²) in [6.45, 7) is 3.16. The van der Waals surface area contributed by atoms with Crippen LogP contribution in [0.5, 0.6) is 0 Å². The molecule has 13 nitrogen and oxygen atoms in total. The first-order chi connectivity index (χ1) is 15.0. The van der Waals surface area contributed by atoms with Crippen LogP contribution >= 0.6 is 0 Å². The van der Waals surface area contributed by atoms with Crippen LogP contribution in [0.25, 0.3) is 6.08 Å². The number of aromatic nitrogens is 2. The number of methoxy groups -OCH3 is 1. The zero-order chi connectivity index (χ0) is 24.0. The molecule has 0 spiro atoms. The summed E-state index contributed by atoms with van der Waals surface area (Å²) in [5.41, 5.74) is 5.20. The highest BCUT2D eigenvalue weighted by Gasteiger charge is 2.51. The molecule has 1 aromatic heterocycles. The Kier molecular flexibility index (Phi) is 8.07. The molecular weight excluding hydrogens is 430 g/mol. The summed E-state index contributed by atoms with van der Waals surface area (Å²) in [6.07, 6.45) is -1.15. The maximum atomic E-state index is 11.8. The van der Waals surface area contributed by atoms with Gasteiger partial charge >= 0.3 is 23.9 Å². The van der Waals surface area contributed by atoms with Crippen LogP contribution in [0.1, 0.15) is 43.2 Å². The van der Waals surface area contributed by atoms with Gasteiger partial charge in [0, 0.05) is 26.8 Å². The molecule has 0 aromatic carbocycles. The predicted octanol–water partition coefficient (Wildman–Crippen LogP) is -0.508. The molecule has 1 aliphatic rings. The Bertz CT molecular complexity index is 938. The van der Waals surface area contributed by atoms with Crippen molar-refractivity contribution in [2.45, 2.75) is 45.3 Å². The highest BCUT2D eigenvalue weighted by molar-refractivity contribution is 5.96. The van der Waals surface area contributed by atoms with E-state index in [4.69, 9.17) is 24.7 Å². The van der Waals surface area contributed by atoms with Crippen molar-refractivity contribution in [3.8, 4) is 0 Å². The first-order valence-corrected chi connectivity index (χ1v) is 9.31. The molecule has 0 radical (unpaired) electrons. The fourth-order valence-corrected chi connectivity index (χ4v) is 3.06. The largest absolute Gasteiger partial charge is 0.466 e. The summed E-state index contributed by atoms with van der Waals surface area (Å²) in [4.78, 5) is 62.0. The molecule has 4 atom stereocenters. The number of carbonyl (C=O) groups excluding carboxylic acids is 5. The number of rotatable bonds is 8. The molecule has 0 unspecified atom stereocenters. The van der Waals surface area contributed by atoms with E-state index in [1.165, 1.54) is 31.0 Å². The van der Waals surface area contributed by atoms with E-state index >= 15 is 0 Å². The van der Waals surface area contributed by atoms with Crippen molar-refractivity contribution in [3.63, 3.8) is 0 Å². The zero-order valence-corrected chi connectivity index (χ0v) is 17.8. The highest BCUT2D eigenvalue weighted by atomic mass is 16.7. The summed E-state index contributed by atoms with van der Waals surface area (Å²) >= 11 is 0. The van der Waals surface area contributed by atoms with Gasteiger partial charge in [-0.25, -0.2) is 9.78 Å². The molecule has 0 saturated carbocycles. The van der Waals surface area contributed by atoms with Gasteiger partial charge in [-0.05, 0) is 6.08 Å². The van der Waals surface area contributed by atoms with Gasteiger partial charge in [0.1, 0.15) is 12.7 Å². The maximum Gasteiger partial charge on any atom is 0.330 e. The molecule has 13 heteroatoms. The summed E-state index contributed by atoms with van der Waals surface area (Å²) in [5.74, 6) is -3.64. The predicted molar refractivity (Wildman–Crippen MR) is 103 cm³/mol. The lowest BCUT2D eigenvalue weighted by Crippen LogP contribution is -2.40. The topological polar surface area (TPSA) is 175 Å². The van der Waals surface area contributed by atoms with Gasteiger partial charge in [-0.3, -0.25) is 23.7 Å². The molecule has 1 fully saturated rings. The van der Waals surface area contributed by atoms with E-state index in [9.17, 15) is 24.0 Å². The third kappa shape index (κ3) is 5.91. The number of hydrogen-bond acceptors (Lipinski definition) is 11. The van der Waals surface area contributed by atoms with E-state index in [1.807, 2.05) is 0 Å². The molecule has 1 saturated heterocycles. The number of hydrogen-bond donors (Lipinski definition) is 1. The Labute approximate surface area is 182 Å². The van der Waals surface area contributed by atoms with E-state index in [2.05, 4.69) is 9.72 Å². The van der Waals surface area contributed by atoms with E-state index < -0.39 is 54.3 Å². The van der Waals surface area contributed by atoms with Gasteiger partial charge in [-0.15, -0.1) is 0 Å². The lowest BCUT2D eigenvalue weighted by atomic mass is 10.1. The quantitative estimate of drug-likeness (QED) is 0.305. The van der Waals surface area contributed by atoms with E-state index in [0.29, 0.717) is 0 Å². The summed E-state index contributed by atoms with van der Waals surface area (Å²) < 4.78 is 27.3. The van der Waals surface area contributed by atoms with Crippen LogP contribution in [0, 0.1) is 0 Å². The number of ether oxygens (including phenoxy) is 5. The molecular formula is C19H23N3O10. The number of esters is 4. The van der Waals surface area contributed by atoms with Crippen molar-refractivity contribution < 1.29 is 47.7 Å². The molecule has 1 aromatic rings. The molecule has 174 valence electrons. The van der Waals surface area contributed by atoms with Gasteiger partial charge in [0.25, 0.3) is 5.91 Å². The molecule has 1 aliphatic heterocycles. The van der Waals surface area contributed by atoms with Crippen LogP contribution in [-0.4, -0.2) is 71.4 Å². The number of primary amides is 1. The Morgan fingerprint density at radius 3 is 2.25 bits per heavy atom. The monoisotopic (exact) mass is 453 g/mol. The molecule has 2 heterocycles. The number of carbonyl (C=O) groups is 5. The smallest absolute Gasteiger partial charge is 0.330 e. The second-order valence-corrected chi connectivity index (χ2v) is 6.62. The second-order valence-electron chi connectivity index (χ2n) is 6.62. The van der Waals surface area contributed by atoms with Crippen LogP contribution in [-0.2, 0) is 42.9 Å². The highest BCUT2D eigenvalue weighted by Crippen LogP contribution is 2.36. The first kappa shape index (κ1) is 24.5. The van der Waals surface area contributed by atoms with Crippen LogP contribution in [0.4, 0.5) is 0 Å². The minimum Gasteiger partial charge on any atom is -0.466 e. The van der Waals surface area contributed by atoms with Crippen LogP contribution in [0.2, 0.25) is 0 Å². The van der Waals surface area contributed by atoms with Crippen LogP contribution < -0.4 is 5.73 Å². The zero-order valence-electron chi connectivity index (χ0n) is 17.8. The Morgan fingerprint density at radius 1 is 1.09 bits per heavy atom. The van der Waals surface area contributed by atoms with Crippen molar-refractivity contribution in [1.29, 1.82) is 0 Å². The summed E-state index contributed by atoms with van der Waals surface area (Å²) in [5, 5.41) is 0. The standard InChI is InChI=1S/C19H23N3O10/c1-9(23)29-7-13-16(30-10(2)24)17(31-11(3)25)19(32-13)22-8-21-15(18(20)27)12(22)5-6-14(26)28-4/h5-6,8,13,16-17,19H,7H2,1-4H3,(H2,20,27)/b6-5-/t13-,16-,17-,19-/m1/s1. The van der Waals surface area contributed by atoms with E-state index in [1.54, 1.807) is 0 Å². The Balaban J connectivity index is 2.54. The third-order valence-corrected chi connectivity index (χ3v) is 4.26. The fraction of sp³-hybridized carbons (Fsp3) is 0.474. The normalized spacial score (nSPS) is 22.4. The molecule has 1 amide bonds. The number of imidazole rings is 1. The molecule has 0 aliphatic carbocycles. The van der Waals surface area contributed by atoms with Gasteiger partial charge < -0.3 is 29.4 Å². The van der Waals surface area contributed by atoms with Gasteiger partial charge in [0.05, 0.1) is 19.1 Å². The third-order valence-electron chi connectivity index (χ3n) is 4.26. The van der Waals surface area contributed by atoms with E-state index in [0.717, 1.165) is 19.9 Å². The maximum absolute atomic E-state index is 11.8. The van der Waals surface area contributed by atoms with Gasteiger partial charge in [0.15, 0.2) is 24.1 Å². The van der Waals surface area contributed by atoms with Crippen LogP contribution in [0.15, 0.2) is 12.4 Å². The Morgan fingerprint density at radius 2 is 1.72 bits per heavy atom. The molecule has 0 bridgehead atoms. The Hall–Kier alpha value is -3.74. The van der Waals surface area contributed by atoms with Crippen LogP contribution in [0.3, 0.4) is 0 Å². The van der Waals surface area contributed by atoms with Gasteiger partial charge in [-0.2, -0.15) is 0 Å². The van der Waals surface area contributed by atoms with Crippen molar-refractivity contribution in [2.24, 2.45) is 5.73 Å². The minimum atomic E-state index is -1.21. The average Bonchev–Trinajstić information content (AvgIpc) is 3.25. The number of amides is 1. The van der Waals surface area contributed by atoms with Crippen molar-refractivity contribution in [2.75, 3.05) is 13.7 Å². The molecule has 32 heavy (non-hydrogen) atoms. The molecule has 2 N–H and O–H groups in total. The van der Waals surface area contributed by atoms with Crippen molar-refractivity contribution >= 4 is 35.9 Å². The lowest BCUT2D eigenvalue weighted by Gasteiger charge is -2.24. The van der Waals surface area contributed by atoms with Crippen molar-refractivity contribution in [1.82, 2.24) is 9.55 Å². The summed E-state index contributed by atoms with van der Waals surface area (Å²) in [6, 6.07) is 0. The summed E-state index contributed by atoms with van der Waals surface area (Å²) in [7, 11) is 1.17. The van der Waals surface area contributed by atoms with Crippen molar-refractivity contribution in [3.05, 3.63) is 23.8 Å².